The molecule has 0 aliphatic carbocycles. The van der Waals surface area contributed by atoms with Gasteiger partial charge in [-0.15, -0.1) is 0 Å². The third kappa shape index (κ3) is 4.48. The number of fused-ring (bicyclic) bond motifs is 6. The maximum Gasteiger partial charge on any atom is 0.0971 e. The van der Waals surface area contributed by atoms with Gasteiger partial charge in [-0.3, -0.25) is 0 Å². The number of pyridine rings is 1. The Labute approximate surface area is 290 Å². The summed E-state index contributed by atoms with van der Waals surface area (Å²) in [7, 11) is 0. The molecule has 234 valence electrons. The largest absolute Gasteiger partial charge is 0.309 e. The molecule has 0 amide bonds. The first-order valence-electron chi connectivity index (χ1n) is 17.1. The van der Waals surface area contributed by atoms with Gasteiger partial charge in [0.15, 0.2) is 0 Å². The van der Waals surface area contributed by atoms with Crippen molar-refractivity contribution in [1.29, 1.82) is 0 Å². The average molecular weight is 638 g/mol. The van der Waals surface area contributed by atoms with Gasteiger partial charge < -0.3 is 9.13 Å². The predicted octanol–water partition coefficient (Wildman–Crippen LogP) is 12.3. The van der Waals surface area contributed by atoms with Crippen molar-refractivity contribution < 1.29 is 0 Å². The fourth-order valence-corrected chi connectivity index (χ4v) is 7.65. The van der Waals surface area contributed by atoms with Crippen molar-refractivity contribution in [1.82, 2.24) is 14.1 Å². The molecule has 0 atom stereocenters. The van der Waals surface area contributed by atoms with Crippen molar-refractivity contribution in [2.75, 3.05) is 0 Å². The van der Waals surface area contributed by atoms with Gasteiger partial charge in [-0.1, -0.05) is 133 Å². The molecule has 10 aromatic rings. The Bertz CT molecular complexity index is 2850. The van der Waals surface area contributed by atoms with Crippen LogP contribution in [0.3, 0.4) is 0 Å². The van der Waals surface area contributed by atoms with E-state index in [4.69, 9.17) is 4.98 Å². The van der Waals surface area contributed by atoms with Crippen LogP contribution in [-0.2, 0) is 0 Å². The van der Waals surface area contributed by atoms with Crippen LogP contribution in [0.5, 0.6) is 0 Å². The highest BCUT2D eigenvalue weighted by Crippen LogP contribution is 2.40. The highest BCUT2D eigenvalue weighted by Gasteiger charge is 2.19. The summed E-state index contributed by atoms with van der Waals surface area (Å²) in [5.41, 5.74) is 14.7. The molecule has 0 unspecified atom stereocenters. The van der Waals surface area contributed by atoms with Gasteiger partial charge in [0.05, 0.1) is 33.3 Å². The highest BCUT2D eigenvalue weighted by atomic mass is 15.0. The zero-order valence-electron chi connectivity index (χ0n) is 27.2. The monoisotopic (exact) mass is 637 g/mol. The second kappa shape index (κ2) is 11.5. The molecule has 3 heteroatoms. The van der Waals surface area contributed by atoms with Crippen LogP contribution in [0.25, 0.3) is 88.6 Å². The van der Waals surface area contributed by atoms with E-state index < -0.39 is 0 Å². The van der Waals surface area contributed by atoms with Gasteiger partial charge in [0, 0.05) is 38.7 Å². The van der Waals surface area contributed by atoms with Crippen molar-refractivity contribution in [2.45, 2.75) is 0 Å². The summed E-state index contributed by atoms with van der Waals surface area (Å²) in [6.07, 6.45) is 0. The Kier molecular flexibility index (Phi) is 6.49. The summed E-state index contributed by atoms with van der Waals surface area (Å²) in [5.74, 6) is 0. The van der Waals surface area contributed by atoms with Gasteiger partial charge in [-0.2, -0.15) is 0 Å². The highest BCUT2D eigenvalue weighted by molar-refractivity contribution is 6.13. The van der Waals surface area contributed by atoms with E-state index in [0.29, 0.717) is 0 Å². The minimum absolute atomic E-state index is 0.957. The maximum absolute atomic E-state index is 5.46. The lowest BCUT2D eigenvalue weighted by Crippen LogP contribution is -1.96. The normalized spacial score (nSPS) is 11.6. The Balaban J connectivity index is 1.21. The number of hydrogen-bond acceptors (Lipinski definition) is 1. The number of benzene rings is 7. The molecule has 3 heterocycles. The zero-order chi connectivity index (χ0) is 33.0. The Morgan fingerprint density at radius 1 is 0.340 bits per heavy atom. The van der Waals surface area contributed by atoms with Crippen LogP contribution in [0.4, 0.5) is 0 Å². The van der Waals surface area contributed by atoms with Crippen molar-refractivity contribution >= 4 is 43.7 Å². The van der Waals surface area contributed by atoms with Gasteiger partial charge >= 0.3 is 0 Å². The minimum Gasteiger partial charge on any atom is -0.309 e. The first kappa shape index (κ1) is 28.3. The number of aromatic nitrogens is 3. The standard InChI is InChI=1S/C47H31N3/c1-4-14-32(15-5-1)34-18-12-21-37(30-34)50-45-29-27-42(48-46(45)40-24-13-23-38(47(40)50)33-16-6-2-7-17-33)35-26-28-44-41(31-35)39-22-10-11-25-43(39)49(44)36-19-8-3-9-20-36/h1-31H. The molecule has 0 fully saturated rings. The Morgan fingerprint density at radius 3 is 1.78 bits per heavy atom. The van der Waals surface area contributed by atoms with E-state index in [1.807, 2.05) is 0 Å². The lowest BCUT2D eigenvalue weighted by molar-refractivity contribution is 1.18. The summed E-state index contributed by atoms with van der Waals surface area (Å²) in [6, 6.07) is 67.2. The van der Waals surface area contributed by atoms with Crippen LogP contribution < -0.4 is 0 Å². The Hall–Kier alpha value is -6.71. The SMILES string of the molecule is c1ccc(-c2cccc(-n3c4ccc(-c5ccc6c(c5)c5ccccc5n6-c5ccccc5)nc4c4cccc(-c5ccccc5)c43)c2)cc1. The first-order valence-corrected chi connectivity index (χ1v) is 17.1. The molecule has 0 saturated carbocycles. The average Bonchev–Trinajstić information content (AvgIpc) is 3.71. The minimum atomic E-state index is 0.957. The van der Waals surface area contributed by atoms with E-state index in [1.165, 1.54) is 44.1 Å². The molecule has 50 heavy (non-hydrogen) atoms. The van der Waals surface area contributed by atoms with Gasteiger partial charge in [0.1, 0.15) is 0 Å². The van der Waals surface area contributed by atoms with Crippen molar-refractivity contribution in [3.63, 3.8) is 0 Å². The van der Waals surface area contributed by atoms with E-state index in [-0.39, 0.29) is 0 Å². The molecule has 0 spiro atoms. The number of rotatable bonds is 5. The number of hydrogen-bond donors (Lipinski definition) is 0. The van der Waals surface area contributed by atoms with Crippen molar-refractivity contribution in [2.24, 2.45) is 0 Å². The smallest absolute Gasteiger partial charge is 0.0971 e. The predicted molar refractivity (Wildman–Crippen MR) is 209 cm³/mol. The van der Waals surface area contributed by atoms with Gasteiger partial charge in [-0.25, -0.2) is 4.98 Å². The molecular weight excluding hydrogens is 607 g/mol. The molecule has 10 rings (SSSR count). The summed E-state index contributed by atoms with van der Waals surface area (Å²) in [6.45, 7) is 0. The van der Waals surface area contributed by atoms with Crippen LogP contribution in [0.15, 0.2) is 188 Å². The molecule has 0 aliphatic heterocycles. The third-order valence-electron chi connectivity index (χ3n) is 9.91. The topological polar surface area (TPSA) is 22.8 Å². The summed E-state index contributed by atoms with van der Waals surface area (Å²) in [5, 5.41) is 3.59. The van der Waals surface area contributed by atoms with Crippen molar-refractivity contribution in [3.05, 3.63) is 188 Å². The molecule has 3 aromatic heterocycles. The maximum atomic E-state index is 5.46. The summed E-state index contributed by atoms with van der Waals surface area (Å²) >= 11 is 0. The lowest BCUT2D eigenvalue weighted by atomic mass is 10.0. The summed E-state index contributed by atoms with van der Waals surface area (Å²) < 4.78 is 4.75. The van der Waals surface area contributed by atoms with Crippen molar-refractivity contribution in [3.8, 4) is 44.9 Å². The third-order valence-corrected chi connectivity index (χ3v) is 9.91. The first-order chi connectivity index (χ1) is 24.8. The number of para-hydroxylation sites is 3. The molecule has 0 N–H and O–H groups in total. The van der Waals surface area contributed by atoms with E-state index in [2.05, 4.69) is 197 Å². The van der Waals surface area contributed by atoms with Crippen LogP contribution in [0.2, 0.25) is 0 Å². The molecule has 0 saturated heterocycles. The molecule has 3 nitrogen and oxygen atoms in total. The van der Waals surface area contributed by atoms with Crippen LogP contribution in [0.1, 0.15) is 0 Å². The van der Waals surface area contributed by atoms with Crippen LogP contribution >= 0.6 is 0 Å². The van der Waals surface area contributed by atoms with E-state index in [1.54, 1.807) is 0 Å². The van der Waals surface area contributed by atoms with Crippen LogP contribution in [-0.4, -0.2) is 14.1 Å². The second-order valence-electron chi connectivity index (χ2n) is 12.8. The van der Waals surface area contributed by atoms with Gasteiger partial charge in [0.25, 0.3) is 0 Å². The van der Waals surface area contributed by atoms with E-state index >= 15 is 0 Å². The van der Waals surface area contributed by atoms with E-state index in [0.717, 1.165) is 44.6 Å². The zero-order valence-corrected chi connectivity index (χ0v) is 27.2. The van der Waals surface area contributed by atoms with E-state index in [9.17, 15) is 0 Å². The van der Waals surface area contributed by atoms with Gasteiger partial charge in [-0.05, 0) is 71.3 Å². The molecule has 7 aromatic carbocycles. The lowest BCUT2D eigenvalue weighted by Gasteiger charge is -2.13. The second-order valence-corrected chi connectivity index (χ2v) is 12.8. The molecule has 0 bridgehead atoms. The van der Waals surface area contributed by atoms with Gasteiger partial charge in [0.2, 0.25) is 0 Å². The Morgan fingerprint density at radius 2 is 0.960 bits per heavy atom. The fourth-order valence-electron chi connectivity index (χ4n) is 7.65. The fraction of sp³-hybridized carbons (Fsp3) is 0. The quantitative estimate of drug-likeness (QED) is 0.184. The molecule has 0 radical (unpaired) electrons. The molecular formula is C47H31N3. The number of nitrogens with zero attached hydrogens (tertiary/aromatic N) is 3. The molecule has 0 aliphatic rings. The summed E-state index contributed by atoms with van der Waals surface area (Å²) in [4.78, 5) is 5.46. The van der Waals surface area contributed by atoms with Crippen LogP contribution in [0, 0.1) is 0 Å².